The zero-order valence-electron chi connectivity index (χ0n) is 18.1. The van der Waals surface area contributed by atoms with Crippen molar-refractivity contribution in [2.45, 2.75) is 67.8 Å². The minimum atomic E-state index is -0.324. The number of fused-ring (bicyclic) bond motifs is 2. The van der Waals surface area contributed by atoms with Crippen LogP contribution in [0.1, 0.15) is 59.7 Å². The SMILES string of the molecule is CCCC(C=O)N1Cc2c(SCc3ccc(CCNC45CC4C5)cc3)cccc2C1=O. The molecule has 31 heavy (non-hydrogen) atoms. The van der Waals surface area contributed by atoms with Gasteiger partial charge in [0.25, 0.3) is 5.91 Å². The van der Waals surface area contributed by atoms with Crippen molar-refractivity contribution < 1.29 is 9.59 Å². The van der Waals surface area contributed by atoms with E-state index in [9.17, 15) is 9.59 Å². The molecule has 1 atom stereocenters. The molecule has 0 radical (unpaired) electrons. The first-order valence-corrected chi connectivity index (χ1v) is 12.5. The number of carbonyl (C=O) groups is 2. The lowest BCUT2D eigenvalue weighted by atomic mass is 10.1. The lowest BCUT2D eigenvalue weighted by molar-refractivity contribution is -0.112. The number of aldehydes is 1. The third kappa shape index (κ3) is 4.18. The van der Waals surface area contributed by atoms with Crippen molar-refractivity contribution in [3.63, 3.8) is 0 Å². The Bertz CT molecular complexity index is 981. The van der Waals surface area contributed by atoms with Gasteiger partial charge in [-0.15, -0.1) is 11.8 Å². The molecule has 162 valence electrons. The fourth-order valence-corrected chi connectivity index (χ4v) is 5.77. The number of amides is 1. The van der Waals surface area contributed by atoms with Crippen molar-refractivity contribution in [2.24, 2.45) is 5.92 Å². The van der Waals surface area contributed by atoms with Crippen LogP contribution in [0, 0.1) is 5.92 Å². The molecule has 2 aromatic carbocycles. The average molecular weight is 435 g/mol. The normalized spacial score (nSPS) is 24.0. The smallest absolute Gasteiger partial charge is 0.255 e. The lowest BCUT2D eigenvalue weighted by Crippen LogP contribution is -2.36. The molecule has 0 aromatic heterocycles. The van der Waals surface area contributed by atoms with E-state index < -0.39 is 0 Å². The summed E-state index contributed by atoms with van der Waals surface area (Å²) in [5.41, 5.74) is 5.06. The molecule has 0 bridgehead atoms. The second-order valence-electron chi connectivity index (χ2n) is 9.25. The van der Waals surface area contributed by atoms with Crippen LogP contribution in [-0.2, 0) is 23.5 Å². The van der Waals surface area contributed by atoms with Gasteiger partial charge in [-0.2, -0.15) is 0 Å². The molecule has 2 saturated carbocycles. The van der Waals surface area contributed by atoms with Crippen LogP contribution in [0.5, 0.6) is 0 Å². The number of hydrogen-bond acceptors (Lipinski definition) is 4. The van der Waals surface area contributed by atoms with Crippen LogP contribution < -0.4 is 5.32 Å². The predicted octanol–water partition coefficient (Wildman–Crippen LogP) is 4.60. The second-order valence-corrected chi connectivity index (χ2v) is 10.3. The van der Waals surface area contributed by atoms with Crippen molar-refractivity contribution in [1.29, 1.82) is 0 Å². The average Bonchev–Trinajstić information content (AvgIpc) is 3.62. The first-order chi connectivity index (χ1) is 15.1. The van der Waals surface area contributed by atoms with Crippen molar-refractivity contribution >= 4 is 24.0 Å². The van der Waals surface area contributed by atoms with Gasteiger partial charge >= 0.3 is 0 Å². The van der Waals surface area contributed by atoms with Crippen LogP contribution in [-0.4, -0.2) is 35.2 Å². The van der Waals surface area contributed by atoms with Crippen molar-refractivity contribution in [3.05, 3.63) is 64.7 Å². The highest BCUT2D eigenvalue weighted by Crippen LogP contribution is 2.66. The number of nitrogens with one attached hydrogen (secondary N) is 1. The monoisotopic (exact) mass is 434 g/mol. The highest BCUT2D eigenvalue weighted by atomic mass is 32.2. The fraction of sp³-hybridized carbons (Fsp3) is 0.462. The Kier molecular flexibility index (Phi) is 5.65. The Morgan fingerprint density at radius 2 is 1.94 bits per heavy atom. The molecule has 1 heterocycles. The van der Waals surface area contributed by atoms with Gasteiger partial charge in [-0.1, -0.05) is 43.7 Å². The summed E-state index contributed by atoms with van der Waals surface area (Å²) in [7, 11) is 0. The molecule has 1 aliphatic heterocycles. The summed E-state index contributed by atoms with van der Waals surface area (Å²) in [6.07, 6.45) is 6.40. The molecular formula is C26H30N2O2S. The third-order valence-electron chi connectivity index (χ3n) is 7.09. The number of thioether (sulfide) groups is 1. The summed E-state index contributed by atoms with van der Waals surface area (Å²) in [6.45, 7) is 3.66. The van der Waals surface area contributed by atoms with E-state index in [-0.39, 0.29) is 11.9 Å². The lowest BCUT2D eigenvalue weighted by Gasteiger charge is -2.22. The maximum atomic E-state index is 12.8. The van der Waals surface area contributed by atoms with Gasteiger partial charge in [0.1, 0.15) is 6.29 Å². The maximum Gasteiger partial charge on any atom is 0.255 e. The number of benzene rings is 2. The largest absolute Gasteiger partial charge is 0.324 e. The van der Waals surface area contributed by atoms with E-state index in [2.05, 4.69) is 35.6 Å². The second kappa shape index (κ2) is 8.44. The van der Waals surface area contributed by atoms with Crippen molar-refractivity contribution in [3.8, 4) is 0 Å². The van der Waals surface area contributed by atoms with E-state index in [1.807, 2.05) is 19.1 Å². The number of nitrogens with zero attached hydrogens (tertiary/aromatic N) is 1. The summed E-state index contributed by atoms with van der Waals surface area (Å²) in [5.74, 6) is 1.86. The topological polar surface area (TPSA) is 49.4 Å². The minimum Gasteiger partial charge on any atom is -0.324 e. The van der Waals surface area contributed by atoms with E-state index in [0.717, 1.165) is 59.8 Å². The van der Waals surface area contributed by atoms with Gasteiger partial charge in [0.05, 0.1) is 6.04 Å². The summed E-state index contributed by atoms with van der Waals surface area (Å²) in [4.78, 5) is 27.2. The van der Waals surface area contributed by atoms with E-state index in [0.29, 0.717) is 12.1 Å². The number of carbonyl (C=O) groups excluding carboxylic acids is 2. The zero-order chi connectivity index (χ0) is 21.4. The third-order valence-corrected chi connectivity index (χ3v) is 8.26. The molecule has 0 spiro atoms. The first kappa shape index (κ1) is 20.8. The quantitative estimate of drug-likeness (QED) is 0.415. The van der Waals surface area contributed by atoms with E-state index in [1.165, 1.54) is 24.0 Å². The molecule has 2 aliphatic carbocycles. The molecule has 3 aliphatic rings. The van der Waals surface area contributed by atoms with E-state index in [1.54, 1.807) is 16.7 Å². The van der Waals surface area contributed by atoms with Crippen LogP contribution in [0.15, 0.2) is 47.4 Å². The molecular weight excluding hydrogens is 404 g/mol. The Balaban J connectivity index is 1.19. The van der Waals surface area contributed by atoms with Crippen LogP contribution in [0.3, 0.4) is 0 Å². The maximum absolute atomic E-state index is 12.8. The van der Waals surface area contributed by atoms with Crippen molar-refractivity contribution in [2.75, 3.05) is 6.54 Å². The summed E-state index contributed by atoms with van der Waals surface area (Å²) < 4.78 is 0. The van der Waals surface area contributed by atoms with Gasteiger partial charge < -0.3 is 15.0 Å². The standard InChI is InChI=1S/C26H30N2O2S/c1-2-4-21(16-29)28-15-23-22(25(28)30)5-3-6-24(23)31-17-19-9-7-18(8-10-19)11-12-27-26-13-20(26)14-26/h3,5-10,16,20-21,27H,2,4,11-15,17H2,1H3. The highest BCUT2D eigenvalue weighted by molar-refractivity contribution is 7.98. The van der Waals surface area contributed by atoms with Gasteiger partial charge in [-0.3, -0.25) is 4.79 Å². The minimum absolute atomic E-state index is 0.00998. The summed E-state index contributed by atoms with van der Waals surface area (Å²) >= 11 is 1.78. The van der Waals surface area contributed by atoms with E-state index in [4.69, 9.17) is 0 Å². The Hall–Kier alpha value is -2.11. The van der Waals surface area contributed by atoms with Crippen LogP contribution in [0.25, 0.3) is 0 Å². The fourth-order valence-electron chi connectivity index (χ4n) is 4.73. The summed E-state index contributed by atoms with van der Waals surface area (Å²) in [6, 6.07) is 14.6. The molecule has 4 nitrogen and oxygen atoms in total. The molecule has 1 N–H and O–H groups in total. The van der Waals surface area contributed by atoms with E-state index >= 15 is 0 Å². The van der Waals surface area contributed by atoms with Gasteiger partial charge in [0, 0.05) is 28.3 Å². The molecule has 5 rings (SSSR count). The molecule has 5 heteroatoms. The Labute approximate surface area is 188 Å². The number of rotatable bonds is 11. The van der Waals surface area contributed by atoms with Crippen LogP contribution >= 0.6 is 11.8 Å². The first-order valence-electron chi connectivity index (χ1n) is 11.5. The van der Waals surface area contributed by atoms with Crippen LogP contribution in [0.2, 0.25) is 0 Å². The molecule has 0 saturated heterocycles. The van der Waals surface area contributed by atoms with Crippen LogP contribution in [0.4, 0.5) is 0 Å². The summed E-state index contributed by atoms with van der Waals surface area (Å²) in [5, 5.41) is 3.71. The van der Waals surface area contributed by atoms with Gasteiger partial charge in [-0.05, 0) is 67.0 Å². The molecule has 1 unspecified atom stereocenters. The highest BCUT2D eigenvalue weighted by Gasteiger charge is 2.69. The van der Waals surface area contributed by atoms with Gasteiger partial charge in [0.15, 0.2) is 0 Å². The molecule has 2 fully saturated rings. The Morgan fingerprint density at radius 3 is 2.61 bits per heavy atom. The van der Waals surface area contributed by atoms with Gasteiger partial charge in [0.2, 0.25) is 0 Å². The molecule has 1 amide bonds. The Morgan fingerprint density at radius 1 is 1.19 bits per heavy atom. The van der Waals surface area contributed by atoms with Crippen molar-refractivity contribution in [1.82, 2.24) is 10.2 Å². The molecule has 2 aromatic rings. The predicted molar refractivity (Wildman–Crippen MR) is 124 cm³/mol. The number of hydrogen-bond donors (Lipinski definition) is 1. The zero-order valence-corrected chi connectivity index (χ0v) is 18.9. The van der Waals surface area contributed by atoms with Gasteiger partial charge in [-0.25, -0.2) is 0 Å².